The molecule has 0 aromatic heterocycles. The van der Waals surface area contributed by atoms with Gasteiger partial charge < -0.3 is 0 Å². The van der Waals surface area contributed by atoms with Crippen molar-refractivity contribution in [2.24, 2.45) is 0 Å². The summed E-state index contributed by atoms with van der Waals surface area (Å²) in [7, 11) is 0. The Morgan fingerprint density at radius 3 is 2.21 bits per heavy atom. The van der Waals surface area contributed by atoms with Crippen LogP contribution in [0.15, 0.2) is 17.7 Å². The minimum atomic E-state index is -2.93. The summed E-state index contributed by atoms with van der Waals surface area (Å²) in [6.45, 7) is 14.6. The number of hydrogen-bond acceptors (Lipinski definition) is 1. The topological polar surface area (TPSA) is 12.0 Å². The van der Waals surface area contributed by atoms with Crippen LogP contribution in [0.5, 0.6) is 0 Å². The van der Waals surface area contributed by atoms with Gasteiger partial charge in [0.1, 0.15) is 0 Å². The van der Waals surface area contributed by atoms with Crippen LogP contribution in [0.3, 0.4) is 0 Å². The molecule has 1 N–H and O–H groups in total. The molecule has 0 heterocycles. The molecule has 3 heteroatoms. The zero-order valence-electron chi connectivity index (χ0n) is 16.9. The first-order valence-corrected chi connectivity index (χ1v) is 19.2. The van der Waals surface area contributed by atoms with Gasteiger partial charge in [-0.05, 0) is 0 Å². The normalized spacial score (nSPS) is 20.7. The van der Waals surface area contributed by atoms with Crippen molar-refractivity contribution in [3.8, 4) is 0 Å². The van der Waals surface area contributed by atoms with E-state index in [1.54, 1.807) is 22.3 Å². The summed E-state index contributed by atoms with van der Waals surface area (Å²) >= 11 is -2.93. The van der Waals surface area contributed by atoms with Crippen LogP contribution in [0.2, 0.25) is 23.6 Å². The number of rotatable bonds is 2. The number of aryl methyl sites for hydroxylation is 2. The van der Waals surface area contributed by atoms with Gasteiger partial charge in [0, 0.05) is 0 Å². The molecule has 0 radical (unpaired) electrons. The van der Waals surface area contributed by atoms with Crippen molar-refractivity contribution in [2.45, 2.75) is 80.3 Å². The van der Waals surface area contributed by atoms with Gasteiger partial charge >= 0.3 is 151 Å². The molecule has 1 aromatic rings. The zero-order chi connectivity index (χ0) is 17.9. The summed E-state index contributed by atoms with van der Waals surface area (Å²) in [4.78, 5) is 0. The molecule has 2 aliphatic carbocycles. The standard InChI is InChI=1S/C13H13.C4H10N.C2H6Si.2CH3.Ti/c1-9-5-12-7-10-3-2-4-11(10)8-13(12)6-9;1-4(2,3)5;1-3-2;;;/h5-8H,2-4H2,1H3;5H,1-3H3;1-2H3;2*1H3;/q;-1;;;;+1. The Kier molecular flexibility index (Phi) is 4.41. The third-order valence-electron chi connectivity index (χ3n) is 6.61. The van der Waals surface area contributed by atoms with E-state index in [1.165, 1.54) is 24.8 Å². The third-order valence-corrected chi connectivity index (χ3v) is 32.1. The van der Waals surface area contributed by atoms with Crippen LogP contribution < -0.4 is 3.80 Å². The quantitative estimate of drug-likeness (QED) is 0.626. The van der Waals surface area contributed by atoms with Crippen LogP contribution in [0.1, 0.15) is 60.6 Å². The molecule has 3 rings (SSSR count). The SMILES string of the molecule is CC1=Cc2cc3c(cc2[CH]1[Ti]([CH3])([CH3])([NH]C(C)(C)C)=[Si](C)C)CCC3. The van der Waals surface area contributed by atoms with Gasteiger partial charge in [0.15, 0.2) is 0 Å². The second-order valence-corrected chi connectivity index (χ2v) is 32.4. The first kappa shape index (κ1) is 18.6. The predicted octanol–water partition coefficient (Wildman–Crippen LogP) is 5.97. The molecule has 1 unspecified atom stereocenters. The Morgan fingerprint density at radius 1 is 1.08 bits per heavy atom. The van der Waals surface area contributed by atoms with Crippen LogP contribution in [0, 0.1) is 0 Å². The van der Waals surface area contributed by atoms with Crippen molar-refractivity contribution in [3.63, 3.8) is 0 Å². The van der Waals surface area contributed by atoms with Gasteiger partial charge in [0.05, 0.1) is 0 Å². The van der Waals surface area contributed by atoms with E-state index in [0.29, 0.717) is 4.22 Å². The summed E-state index contributed by atoms with van der Waals surface area (Å²) in [6, 6.07) is 5.11. The van der Waals surface area contributed by atoms with Crippen LogP contribution in [0.25, 0.3) is 6.08 Å². The third kappa shape index (κ3) is 2.94. The number of hydrogen-bond donors (Lipinski definition) is 1. The minimum absolute atomic E-state index is 0.183. The zero-order valence-corrected chi connectivity index (χ0v) is 19.5. The average molecular weight is 377 g/mol. The summed E-state index contributed by atoms with van der Waals surface area (Å²) in [5.41, 5.74) is 8.21. The fourth-order valence-corrected chi connectivity index (χ4v) is 21.2. The summed E-state index contributed by atoms with van der Waals surface area (Å²) in [6.07, 6.45) is 5.98. The second kappa shape index (κ2) is 5.67. The van der Waals surface area contributed by atoms with Gasteiger partial charge in [0.2, 0.25) is 0 Å². The van der Waals surface area contributed by atoms with Crippen molar-refractivity contribution in [3.05, 3.63) is 40.0 Å². The Bertz CT molecular complexity index is 798. The van der Waals surface area contributed by atoms with Crippen molar-refractivity contribution in [2.75, 3.05) is 0 Å². The monoisotopic (exact) mass is 377 g/mol. The molecular formula is C21H35NSiTi. The molecule has 0 amide bonds. The molecule has 0 aliphatic heterocycles. The average Bonchev–Trinajstić information content (AvgIpc) is 2.95. The van der Waals surface area contributed by atoms with Crippen LogP contribution in [0.4, 0.5) is 0 Å². The Labute approximate surface area is 150 Å². The first-order valence-electron chi connectivity index (χ1n) is 9.56. The van der Waals surface area contributed by atoms with Crippen molar-refractivity contribution >= 4 is 12.3 Å². The van der Waals surface area contributed by atoms with Gasteiger partial charge in [-0.3, -0.25) is 0 Å². The van der Waals surface area contributed by atoms with Gasteiger partial charge in [0.25, 0.3) is 0 Å². The van der Waals surface area contributed by atoms with Crippen LogP contribution in [-0.4, -0.2) is 11.7 Å². The van der Waals surface area contributed by atoms with Gasteiger partial charge in [-0.2, -0.15) is 0 Å². The molecule has 1 aromatic carbocycles. The van der Waals surface area contributed by atoms with Crippen molar-refractivity contribution in [1.29, 1.82) is 0 Å². The predicted molar refractivity (Wildman–Crippen MR) is 107 cm³/mol. The Morgan fingerprint density at radius 2 is 1.67 bits per heavy atom. The molecule has 0 saturated heterocycles. The van der Waals surface area contributed by atoms with E-state index in [-0.39, 0.29) is 5.54 Å². The number of nitrogens with one attached hydrogen (secondary N) is 1. The van der Waals surface area contributed by atoms with E-state index in [4.69, 9.17) is 0 Å². The van der Waals surface area contributed by atoms with E-state index in [1.807, 2.05) is 0 Å². The number of allylic oxidation sites excluding steroid dienone is 1. The van der Waals surface area contributed by atoms with E-state index < -0.39 is 20.5 Å². The van der Waals surface area contributed by atoms with Crippen molar-refractivity contribution < 1.29 is 14.3 Å². The van der Waals surface area contributed by atoms with E-state index in [2.05, 4.69) is 73.3 Å². The van der Waals surface area contributed by atoms with Crippen LogP contribution >= 0.6 is 0 Å². The summed E-state index contributed by atoms with van der Waals surface area (Å²) < 4.78 is 4.94. The maximum absolute atomic E-state index is 4.29. The number of benzene rings is 1. The van der Waals surface area contributed by atoms with Crippen molar-refractivity contribution in [1.82, 2.24) is 3.80 Å². The van der Waals surface area contributed by atoms with E-state index in [9.17, 15) is 0 Å². The second-order valence-electron chi connectivity index (χ2n) is 10.3. The maximum atomic E-state index is 4.29. The van der Waals surface area contributed by atoms with E-state index in [0.717, 1.165) is 0 Å². The fourth-order valence-electron chi connectivity index (χ4n) is 5.40. The molecule has 0 fully saturated rings. The number of fused-ring (bicyclic) bond motifs is 2. The molecule has 1 nitrogen and oxygen atoms in total. The van der Waals surface area contributed by atoms with E-state index >= 15 is 0 Å². The molecule has 0 spiro atoms. The molecule has 1 atom stereocenters. The summed E-state index contributed by atoms with van der Waals surface area (Å²) in [5, 5.41) is 5.36. The Balaban J connectivity index is 2.23. The molecule has 132 valence electrons. The molecule has 0 bridgehead atoms. The van der Waals surface area contributed by atoms with Gasteiger partial charge in [-0.1, -0.05) is 0 Å². The molecule has 2 aliphatic rings. The molecular weight excluding hydrogens is 342 g/mol. The van der Waals surface area contributed by atoms with Crippen LogP contribution in [-0.2, 0) is 27.1 Å². The summed E-state index contributed by atoms with van der Waals surface area (Å²) in [5.74, 6) is 0. The molecule has 0 saturated carbocycles. The Hall–Kier alpha value is -0.149. The molecule has 24 heavy (non-hydrogen) atoms. The van der Waals surface area contributed by atoms with Gasteiger partial charge in [-0.25, -0.2) is 0 Å². The van der Waals surface area contributed by atoms with Gasteiger partial charge in [-0.15, -0.1) is 0 Å². The fraction of sp³-hybridized carbons (Fsp3) is 0.619. The first-order chi connectivity index (χ1) is 10.9.